The van der Waals surface area contributed by atoms with E-state index in [0.717, 1.165) is 21.7 Å². The summed E-state index contributed by atoms with van der Waals surface area (Å²) in [5, 5.41) is 9.47. The van der Waals surface area contributed by atoms with E-state index in [1.165, 1.54) is 6.07 Å². The molecule has 1 N–H and O–H groups in total. The van der Waals surface area contributed by atoms with Crippen LogP contribution in [-0.4, -0.2) is 15.9 Å². The van der Waals surface area contributed by atoms with Gasteiger partial charge in [0.25, 0.3) is 0 Å². The second-order valence-corrected chi connectivity index (χ2v) is 5.86. The van der Waals surface area contributed by atoms with E-state index in [9.17, 15) is 9.90 Å². The number of carbonyl (C=O) groups excluding carboxylic acids is 1. The zero-order valence-corrected chi connectivity index (χ0v) is 11.8. The molecule has 0 amide bonds. The van der Waals surface area contributed by atoms with Gasteiger partial charge in [0, 0.05) is 16.0 Å². The highest BCUT2D eigenvalue weighted by Crippen LogP contribution is 2.42. The summed E-state index contributed by atoms with van der Waals surface area (Å²) < 4.78 is 0.511. The van der Waals surface area contributed by atoms with Crippen molar-refractivity contribution in [3.8, 4) is 5.75 Å². The van der Waals surface area contributed by atoms with Crippen molar-refractivity contribution in [3.05, 3.63) is 49.9 Å². The summed E-state index contributed by atoms with van der Waals surface area (Å²) in [5.74, 6) is -0.0121. The van der Waals surface area contributed by atoms with E-state index in [1.807, 2.05) is 6.92 Å². The molecule has 90 valence electrons. The van der Waals surface area contributed by atoms with Gasteiger partial charge in [0.15, 0.2) is 0 Å². The van der Waals surface area contributed by atoms with Crippen molar-refractivity contribution < 1.29 is 9.90 Å². The lowest BCUT2D eigenvalue weighted by Crippen LogP contribution is -1.93. The second-order valence-electron chi connectivity index (χ2n) is 4.01. The van der Waals surface area contributed by atoms with Crippen LogP contribution in [0.2, 0.25) is 0 Å². The Morgan fingerprint density at radius 2 is 2.11 bits per heavy atom. The molecule has 3 nitrogen and oxygen atoms in total. The minimum atomic E-state index is -0.108. The molecule has 2 aromatic rings. The Morgan fingerprint density at radius 1 is 1.33 bits per heavy atom. The van der Waals surface area contributed by atoms with Gasteiger partial charge >= 0.3 is 0 Å². The lowest BCUT2D eigenvalue weighted by molar-refractivity contribution is 0.104. The fraction of sp³-hybridized carbons (Fsp3) is 0.0769. The number of fused-ring (bicyclic) bond motifs is 1. The number of phenols is 1. The number of aryl methyl sites for hydroxylation is 1. The Hall–Kier alpha value is -1.46. The van der Waals surface area contributed by atoms with Gasteiger partial charge in [0.05, 0.1) is 15.7 Å². The molecule has 0 saturated carbocycles. The normalized spacial score (nSPS) is 14.2. The smallest absolute Gasteiger partial charge is 0.201 e. The Labute approximate surface area is 116 Å². The van der Waals surface area contributed by atoms with Crippen molar-refractivity contribution in [2.45, 2.75) is 6.92 Å². The van der Waals surface area contributed by atoms with Crippen LogP contribution in [0.4, 0.5) is 0 Å². The average Bonchev–Trinajstić information content (AvgIpc) is 2.85. The van der Waals surface area contributed by atoms with Crippen LogP contribution in [0.3, 0.4) is 0 Å². The molecule has 1 heterocycles. The molecule has 0 atom stereocenters. The van der Waals surface area contributed by atoms with Crippen LogP contribution in [0.15, 0.2) is 28.2 Å². The first-order chi connectivity index (χ1) is 8.59. The van der Waals surface area contributed by atoms with Gasteiger partial charge in [0.1, 0.15) is 5.75 Å². The molecule has 1 aromatic carbocycles. The molecule has 1 aliphatic rings. The Morgan fingerprint density at radius 3 is 2.78 bits per heavy atom. The molecule has 1 aliphatic carbocycles. The van der Waals surface area contributed by atoms with E-state index in [2.05, 4.69) is 20.9 Å². The summed E-state index contributed by atoms with van der Waals surface area (Å²) in [6.45, 7) is 1.98. The van der Waals surface area contributed by atoms with Gasteiger partial charge in [-0.15, -0.1) is 11.3 Å². The average molecular weight is 322 g/mol. The summed E-state index contributed by atoms with van der Waals surface area (Å²) in [6, 6.07) is 4.83. The van der Waals surface area contributed by atoms with E-state index in [4.69, 9.17) is 0 Å². The van der Waals surface area contributed by atoms with Crippen LogP contribution in [0.25, 0.3) is 5.57 Å². The first-order valence-corrected chi connectivity index (χ1v) is 6.95. The molecule has 5 heteroatoms. The van der Waals surface area contributed by atoms with Crippen LogP contribution < -0.4 is 0 Å². The summed E-state index contributed by atoms with van der Waals surface area (Å²) in [6.07, 6.45) is 0. The summed E-state index contributed by atoms with van der Waals surface area (Å²) in [4.78, 5) is 17.5. The van der Waals surface area contributed by atoms with E-state index < -0.39 is 0 Å². The zero-order chi connectivity index (χ0) is 12.9. The van der Waals surface area contributed by atoms with Crippen molar-refractivity contribution in [2.75, 3.05) is 0 Å². The van der Waals surface area contributed by atoms with Gasteiger partial charge in [-0.2, -0.15) is 0 Å². The van der Waals surface area contributed by atoms with Gasteiger partial charge < -0.3 is 5.11 Å². The van der Waals surface area contributed by atoms with Crippen LogP contribution in [0.1, 0.15) is 26.5 Å². The number of Topliss-reactive ketones (excluding diaryl/α,β-unsaturated/α-hetero) is 1. The summed E-state index contributed by atoms with van der Waals surface area (Å²) in [5.41, 5.74) is 4.74. The van der Waals surface area contributed by atoms with Gasteiger partial charge in [-0.25, -0.2) is 4.98 Å². The van der Waals surface area contributed by atoms with E-state index in [-0.39, 0.29) is 11.5 Å². The van der Waals surface area contributed by atoms with Crippen molar-refractivity contribution in [2.24, 2.45) is 0 Å². The van der Waals surface area contributed by atoms with E-state index in [0.29, 0.717) is 10.0 Å². The van der Waals surface area contributed by atoms with Gasteiger partial charge in [-0.3, -0.25) is 4.79 Å². The van der Waals surface area contributed by atoms with Crippen molar-refractivity contribution in [1.82, 2.24) is 4.98 Å². The highest BCUT2D eigenvalue weighted by atomic mass is 79.9. The molecule has 0 bridgehead atoms. The topological polar surface area (TPSA) is 50.2 Å². The largest absolute Gasteiger partial charge is 0.508 e. The lowest BCUT2D eigenvalue weighted by atomic mass is 10.0. The Kier molecular flexibility index (Phi) is 2.60. The highest BCUT2D eigenvalue weighted by molar-refractivity contribution is 9.12. The highest BCUT2D eigenvalue weighted by Gasteiger charge is 2.30. The number of thiazole rings is 1. The number of rotatable bonds is 1. The van der Waals surface area contributed by atoms with Crippen LogP contribution >= 0.6 is 27.3 Å². The second kappa shape index (κ2) is 4.03. The number of halogens is 1. The van der Waals surface area contributed by atoms with E-state index >= 15 is 0 Å². The number of phenolic OH excluding ortho intramolecular Hbond substituents is 1. The molecule has 0 radical (unpaired) electrons. The third-order valence-electron chi connectivity index (χ3n) is 2.92. The van der Waals surface area contributed by atoms with Crippen molar-refractivity contribution in [3.63, 3.8) is 0 Å². The predicted molar refractivity (Wildman–Crippen MR) is 74.2 cm³/mol. The van der Waals surface area contributed by atoms with Crippen molar-refractivity contribution in [1.29, 1.82) is 0 Å². The van der Waals surface area contributed by atoms with Gasteiger partial charge in [-0.1, -0.05) is 0 Å². The molecule has 3 rings (SSSR count). The maximum absolute atomic E-state index is 12.1. The first kappa shape index (κ1) is 11.6. The standard InChI is InChI=1S/C13H8BrNO2S/c1-6-12(15-5-18-6)10-8-3-2-7(16)4-9(8)13(17)11(10)14/h2-5,16H,1H3. The minimum absolute atomic E-state index is 0.0960. The fourth-order valence-electron chi connectivity index (χ4n) is 2.07. The monoisotopic (exact) mass is 321 g/mol. The molecule has 18 heavy (non-hydrogen) atoms. The van der Waals surface area contributed by atoms with Gasteiger partial charge in [0.2, 0.25) is 5.78 Å². The van der Waals surface area contributed by atoms with Gasteiger partial charge in [-0.05, 0) is 46.6 Å². The molecule has 0 saturated heterocycles. The molecule has 0 spiro atoms. The third-order valence-corrected chi connectivity index (χ3v) is 4.43. The maximum atomic E-state index is 12.1. The number of aromatic nitrogens is 1. The molecule has 1 aromatic heterocycles. The number of carbonyl (C=O) groups is 1. The summed E-state index contributed by atoms with van der Waals surface area (Å²) >= 11 is 4.89. The Balaban J connectivity index is 2.29. The summed E-state index contributed by atoms with van der Waals surface area (Å²) in [7, 11) is 0. The quantitative estimate of drug-likeness (QED) is 0.874. The molecule has 0 unspecified atom stereocenters. The third kappa shape index (κ3) is 1.54. The number of nitrogens with zero attached hydrogens (tertiary/aromatic N) is 1. The van der Waals surface area contributed by atoms with Crippen LogP contribution in [-0.2, 0) is 0 Å². The lowest BCUT2D eigenvalue weighted by Gasteiger charge is -2.04. The van der Waals surface area contributed by atoms with Crippen molar-refractivity contribution >= 4 is 38.6 Å². The number of allylic oxidation sites excluding steroid dienone is 1. The van der Waals surface area contributed by atoms with Crippen LogP contribution in [0.5, 0.6) is 5.75 Å². The number of hydrogen-bond acceptors (Lipinski definition) is 4. The minimum Gasteiger partial charge on any atom is -0.508 e. The number of hydrogen-bond donors (Lipinski definition) is 1. The fourth-order valence-corrected chi connectivity index (χ4v) is 3.26. The molecular weight excluding hydrogens is 314 g/mol. The predicted octanol–water partition coefficient (Wildman–Crippen LogP) is 3.51. The number of ketones is 1. The number of aromatic hydroxyl groups is 1. The maximum Gasteiger partial charge on any atom is 0.201 e. The SMILES string of the molecule is Cc1scnc1C1=C(Br)C(=O)c2cc(O)ccc21. The molecular formula is C13H8BrNO2S. The number of benzene rings is 1. The zero-order valence-electron chi connectivity index (χ0n) is 9.40. The Bertz CT molecular complexity index is 703. The molecule has 0 aliphatic heterocycles. The van der Waals surface area contributed by atoms with E-state index in [1.54, 1.807) is 29.0 Å². The molecule has 0 fully saturated rings. The van der Waals surface area contributed by atoms with Crippen LogP contribution in [0, 0.1) is 6.92 Å². The first-order valence-electron chi connectivity index (χ1n) is 5.28.